The van der Waals surface area contributed by atoms with E-state index in [1.807, 2.05) is 20.8 Å². The third-order valence-electron chi connectivity index (χ3n) is 2.81. The highest BCUT2D eigenvalue weighted by Gasteiger charge is 2.27. The molecule has 82 valence electrons. The molecule has 14 heavy (non-hydrogen) atoms. The van der Waals surface area contributed by atoms with Gasteiger partial charge in [-0.2, -0.15) is 0 Å². The normalized spacial score (nSPS) is 28.6. The first-order valence-electron chi connectivity index (χ1n) is 5.70. The van der Waals surface area contributed by atoms with Crippen molar-refractivity contribution in [1.82, 2.24) is 5.32 Å². The Hall–Kier alpha value is -0.530. The second kappa shape index (κ2) is 4.33. The quantitative estimate of drug-likeness (QED) is 0.688. The summed E-state index contributed by atoms with van der Waals surface area (Å²) in [6.07, 6.45) is 4.65. The molecule has 0 heterocycles. The van der Waals surface area contributed by atoms with E-state index in [2.05, 4.69) is 12.2 Å². The minimum Gasteiger partial charge on any atom is -0.351 e. The molecule has 1 saturated carbocycles. The molecule has 1 amide bonds. The molecule has 0 radical (unpaired) electrons. The molecule has 1 fully saturated rings. The Morgan fingerprint density at radius 2 is 1.93 bits per heavy atom. The molecule has 0 spiro atoms. The van der Waals surface area contributed by atoms with Gasteiger partial charge in [0.1, 0.15) is 0 Å². The van der Waals surface area contributed by atoms with E-state index in [-0.39, 0.29) is 17.4 Å². The predicted octanol–water partition coefficient (Wildman–Crippen LogP) is 2.73. The zero-order valence-electron chi connectivity index (χ0n) is 9.89. The fourth-order valence-corrected chi connectivity index (χ4v) is 2.14. The van der Waals surface area contributed by atoms with Gasteiger partial charge in [0.15, 0.2) is 0 Å². The molecule has 0 bridgehead atoms. The molecular formula is C12H23NO. The zero-order chi connectivity index (χ0) is 10.8. The standard InChI is InChI=1S/C12H23NO/c1-9-6-5-7-10(8-9)11(14)13-12(2,3)4/h9-10H,5-8H2,1-4H3,(H,13,14). The van der Waals surface area contributed by atoms with Crippen LogP contribution in [-0.4, -0.2) is 11.4 Å². The Bertz CT molecular complexity index is 205. The number of amides is 1. The summed E-state index contributed by atoms with van der Waals surface area (Å²) in [7, 11) is 0. The van der Waals surface area contributed by atoms with Crippen molar-refractivity contribution in [3.05, 3.63) is 0 Å². The molecular weight excluding hydrogens is 174 g/mol. The molecule has 2 heteroatoms. The second-order valence-electron chi connectivity index (χ2n) is 5.71. The maximum atomic E-state index is 11.8. The average molecular weight is 197 g/mol. The number of carbonyl (C=O) groups excluding carboxylic acids is 1. The van der Waals surface area contributed by atoms with Gasteiger partial charge in [-0.3, -0.25) is 4.79 Å². The third kappa shape index (κ3) is 3.69. The number of rotatable bonds is 1. The lowest BCUT2D eigenvalue weighted by Gasteiger charge is -2.29. The van der Waals surface area contributed by atoms with Crippen molar-refractivity contribution in [1.29, 1.82) is 0 Å². The van der Waals surface area contributed by atoms with Crippen LogP contribution in [0.15, 0.2) is 0 Å². The first-order chi connectivity index (χ1) is 6.38. The average Bonchev–Trinajstić information content (AvgIpc) is 2.01. The van der Waals surface area contributed by atoms with Crippen molar-refractivity contribution < 1.29 is 4.79 Å². The van der Waals surface area contributed by atoms with Gasteiger partial charge in [0, 0.05) is 11.5 Å². The van der Waals surface area contributed by atoms with Gasteiger partial charge in [0.05, 0.1) is 0 Å². The van der Waals surface area contributed by atoms with Gasteiger partial charge in [-0.05, 0) is 39.5 Å². The van der Waals surface area contributed by atoms with Crippen molar-refractivity contribution in [2.75, 3.05) is 0 Å². The summed E-state index contributed by atoms with van der Waals surface area (Å²) in [5.41, 5.74) is -0.0855. The van der Waals surface area contributed by atoms with Crippen molar-refractivity contribution in [2.45, 2.75) is 58.9 Å². The fraction of sp³-hybridized carbons (Fsp3) is 0.917. The molecule has 0 aromatic heterocycles. The van der Waals surface area contributed by atoms with E-state index in [0.717, 1.165) is 18.8 Å². The van der Waals surface area contributed by atoms with Gasteiger partial charge >= 0.3 is 0 Å². The van der Waals surface area contributed by atoms with Crippen LogP contribution in [0.2, 0.25) is 0 Å². The topological polar surface area (TPSA) is 29.1 Å². The number of nitrogens with one attached hydrogen (secondary N) is 1. The summed E-state index contributed by atoms with van der Waals surface area (Å²) in [6.45, 7) is 8.36. The van der Waals surface area contributed by atoms with Crippen LogP contribution in [0.4, 0.5) is 0 Å². The molecule has 0 aromatic rings. The predicted molar refractivity (Wildman–Crippen MR) is 59.0 cm³/mol. The Kier molecular flexibility index (Phi) is 3.57. The number of hydrogen-bond donors (Lipinski definition) is 1. The van der Waals surface area contributed by atoms with Crippen LogP contribution in [0.5, 0.6) is 0 Å². The SMILES string of the molecule is CC1CCCC(C(=O)NC(C)(C)C)C1. The maximum absolute atomic E-state index is 11.8. The van der Waals surface area contributed by atoms with E-state index in [1.54, 1.807) is 0 Å². The number of hydrogen-bond acceptors (Lipinski definition) is 1. The Balaban J connectivity index is 2.44. The molecule has 0 saturated heterocycles. The van der Waals surface area contributed by atoms with Crippen LogP contribution in [0.1, 0.15) is 53.4 Å². The number of carbonyl (C=O) groups is 1. The lowest BCUT2D eigenvalue weighted by Crippen LogP contribution is -2.44. The highest BCUT2D eigenvalue weighted by Crippen LogP contribution is 2.28. The molecule has 1 aliphatic carbocycles. The van der Waals surface area contributed by atoms with Gasteiger partial charge in [0.25, 0.3) is 0 Å². The fourth-order valence-electron chi connectivity index (χ4n) is 2.14. The molecule has 2 atom stereocenters. The van der Waals surface area contributed by atoms with Crippen LogP contribution in [0.25, 0.3) is 0 Å². The van der Waals surface area contributed by atoms with Crippen molar-refractivity contribution >= 4 is 5.91 Å². The summed E-state index contributed by atoms with van der Waals surface area (Å²) >= 11 is 0. The largest absolute Gasteiger partial charge is 0.351 e. The molecule has 1 aliphatic rings. The smallest absolute Gasteiger partial charge is 0.223 e. The van der Waals surface area contributed by atoms with Crippen LogP contribution in [0.3, 0.4) is 0 Å². The van der Waals surface area contributed by atoms with E-state index < -0.39 is 0 Å². The van der Waals surface area contributed by atoms with Gasteiger partial charge in [-0.1, -0.05) is 19.8 Å². The van der Waals surface area contributed by atoms with Crippen LogP contribution in [-0.2, 0) is 4.79 Å². The summed E-state index contributed by atoms with van der Waals surface area (Å²) in [4.78, 5) is 11.8. The Morgan fingerprint density at radius 1 is 1.29 bits per heavy atom. The van der Waals surface area contributed by atoms with E-state index in [9.17, 15) is 4.79 Å². The third-order valence-corrected chi connectivity index (χ3v) is 2.81. The highest BCUT2D eigenvalue weighted by molar-refractivity contribution is 5.79. The van der Waals surface area contributed by atoms with Crippen LogP contribution in [0, 0.1) is 11.8 Å². The lowest BCUT2D eigenvalue weighted by atomic mass is 9.81. The van der Waals surface area contributed by atoms with E-state index >= 15 is 0 Å². The van der Waals surface area contributed by atoms with Gasteiger partial charge in [-0.15, -0.1) is 0 Å². The molecule has 2 unspecified atom stereocenters. The lowest BCUT2D eigenvalue weighted by molar-refractivity contribution is -0.127. The molecule has 0 aromatic carbocycles. The minimum absolute atomic E-state index is 0.0855. The van der Waals surface area contributed by atoms with Crippen molar-refractivity contribution in [2.24, 2.45) is 11.8 Å². The highest BCUT2D eigenvalue weighted by atomic mass is 16.2. The van der Waals surface area contributed by atoms with E-state index in [1.165, 1.54) is 12.8 Å². The van der Waals surface area contributed by atoms with Gasteiger partial charge < -0.3 is 5.32 Å². The van der Waals surface area contributed by atoms with Crippen molar-refractivity contribution in [3.8, 4) is 0 Å². The minimum atomic E-state index is -0.0855. The van der Waals surface area contributed by atoms with Crippen LogP contribution >= 0.6 is 0 Å². The summed E-state index contributed by atoms with van der Waals surface area (Å²) in [6, 6.07) is 0. The second-order valence-corrected chi connectivity index (χ2v) is 5.71. The Labute approximate surface area is 87.5 Å². The zero-order valence-corrected chi connectivity index (χ0v) is 9.89. The summed E-state index contributed by atoms with van der Waals surface area (Å²) in [5, 5.41) is 3.07. The monoisotopic (exact) mass is 197 g/mol. The van der Waals surface area contributed by atoms with Gasteiger partial charge in [-0.25, -0.2) is 0 Å². The van der Waals surface area contributed by atoms with Crippen LogP contribution < -0.4 is 5.32 Å². The van der Waals surface area contributed by atoms with Gasteiger partial charge in [0.2, 0.25) is 5.91 Å². The molecule has 2 nitrogen and oxygen atoms in total. The Morgan fingerprint density at radius 3 is 2.43 bits per heavy atom. The summed E-state index contributed by atoms with van der Waals surface area (Å²) < 4.78 is 0. The van der Waals surface area contributed by atoms with Crippen molar-refractivity contribution in [3.63, 3.8) is 0 Å². The maximum Gasteiger partial charge on any atom is 0.223 e. The molecule has 1 rings (SSSR count). The first-order valence-corrected chi connectivity index (χ1v) is 5.70. The van der Waals surface area contributed by atoms with E-state index in [4.69, 9.17) is 0 Å². The van der Waals surface area contributed by atoms with E-state index in [0.29, 0.717) is 0 Å². The molecule has 1 N–H and O–H groups in total. The summed E-state index contributed by atoms with van der Waals surface area (Å²) in [5.74, 6) is 1.24. The first kappa shape index (κ1) is 11.5. The molecule has 0 aliphatic heterocycles.